The molecule has 1 saturated heterocycles. The Morgan fingerprint density at radius 3 is 2.63 bits per heavy atom. The molecule has 0 saturated carbocycles. The number of carbonyl (C=O) groups excluding carboxylic acids is 2. The Labute approximate surface area is 176 Å². The van der Waals surface area contributed by atoms with E-state index in [1.807, 2.05) is 25.1 Å². The summed E-state index contributed by atoms with van der Waals surface area (Å²) in [5.41, 5.74) is 1.02. The van der Waals surface area contributed by atoms with Crippen LogP contribution < -0.4 is 9.47 Å². The average Bonchev–Trinajstić information content (AvgIpc) is 3.20. The molecule has 0 aromatic heterocycles. The largest absolute Gasteiger partial charge is 0.454 e. The summed E-state index contributed by atoms with van der Waals surface area (Å²) in [4.78, 5) is 28.0. The van der Waals surface area contributed by atoms with Gasteiger partial charge in [0, 0.05) is 39.6 Å². The topological polar surface area (TPSA) is 86.8 Å². The van der Waals surface area contributed by atoms with Gasteiger partial charge in [0.25, 0.3) is 0 Å². The molecular weight excluding hydrogens is 392 g/mol. The summed E-state index contributed by atoms with van der Waals surface area (Å²) in [6.45, 7) is 7.28. The lowest BCUT2D eigenvalue weighted by Crippen LogP contribution is -2.39. The third-order valence-corrected chi connectivity index (χ3v) is 5.22. The van der Waals surface area contributed by atoms with E-state index in [1.54, 1.807) is 14.0 Å². The number of hydrogen-bond acceptors (Lipinski definition) is 8. The number of nitrogens with zero attached hydrogens (tertiary/aromatic N) is 2. The van der Waals surface area contributed by atoms with Crippen molar-refractivity contribution in [3.8, 4) is 11.5 Å². The zero-order valence-electron chi connectivity index (χ0n) is 17.8. The molecular formula is C21H30N2O7. The molecule has 166 valence electrons. The van der Waals surface area contributed by atoms with Crippen molar-refractivity contribution in [2.45, 2.75) is 39.0 Å². The molecule has 2 heterocycles. The van der Waals surface area contributed by atoms with E-state index in [0.717, 1.165) is 24.4 Å². The zero-order chi connectivity index (χ0) is 21.5. The number of benzene rings is 1. The molecule has 2 unspecified atom stereocenters. The first-order valence-electron chi connectivity index (χ1n) is 10.2. The highest BCUT2D eigenvalue weighted by molar-refractivity contribution is 5.71. The van der Waals surface area contributed by atoms with Crippen LogP contribution in [-0.2, 0) is 25.4 Å². The predicted octanol–water partition coefficient (Wildman–Crippen LogP) is 2.03. The van der Waals surface area contributed by atoms with E-state index < -0.39 is 18.4 Å². The molecule has 2 aliphatic rings. The van der Waals surface area contributed by atoms with E-state index in [0.29, 0.717) is 31.9 Å². The van der Waals surface area contributed by atoms with Crippen molar-refractivity contribution < 1.29 is 33.3 Å². The highest BCUT2D eigenvalue weighted by Gasteiger charge is 2.23. The number of carbonyl (C=O) groups is 2. The van der Waals surface area contributed by atoms with Gasteiger partial charge in [0.15, 0.2) is 11.5 Å². The van der Waals surface area contributed by atoms with Crippen LogP contribution in [0.3, 0.4) is 0 Å². The number of amides is 1. The standard InChI is InChI=1S/C21H30N2O7/c1-15(12-17-4-5-18-19(13-17)28-14-27-18)22(3)21(25)30-16(2)29-20(24)6-7-23-8-10-26-11-9-23/h4-5,13,15-16H,6-12,14H2,1-3H3. The SMILES string of the molecule is CC(OC(=O)CCN1CCOCC1)OC(=O)N(C)C(C)Cc1ccc2c(c1)OCO2. The Morgan fingerprint density at radius 1 is 1.13 bits per heavy atom. The van der Waals surface area contributed by atoms with Crippen LogP contribution in [-0.4, -0.2) is 80.9 Å². The van der Waals surface area contributed by atoms with Crippen LogP contribution >= 0.6 is 0 Å². The van der Waals surface area contributed by atoms with Crippen LogP contribution in [0.25, 0.3) is 0 Å². The summed E-state index contributed by atoms with van der Waals surface area (Å²) in [5, 5.41) is 0. The fraction of sp³-hybridized carbons (Fsp3) is 0.619. The summed E-state index contributed by atoms with van der Waals surface area (Å²) in [5.74, 6) is 1.05. The first-order valence-corrected chi connectivity index (χ1v) is 10.2. The molecule has 0 spiro atoms. The number of esters is 1. The molecule has 0 radical (unpaired) electrons. The van der Waals surface area contributed by atoms with Crippen molar-refractivity contribution in [3.05, 3.63) is 23.8 Å². The summed E-state index contributed by atoms with van der Waals surface area (Å²) < 4.78 is 26.5. The van der Waals surface area contributed by atoms with E-state index in [-0.39, 0.29) is 19.3 Å². The zero-order valence-corrected chi connectivity index (χ0v) is 17.8. The maximum atomic E-state index is 12.4. The normalized spacial score (nSPS) is 17.8. The molecule has 3 rings (SSSR count). The Hall–Kier alpha value is -2.52. The van der Waals surface area contributed by atoms with E-state index >= 15 is 0 Å². The van der Waals surface area contributed by atoms with Crippen LogP contribution in [0.5, 0.6) is 11.5 Å². The van der Waals surface area contributed by atoms with Crippen molar-refractivity contribution in [1.29, 1.82) is 0 Å². The molecule has 1 amide bonds. The van der Waals surface area contributed by atoms with Gasteiger partial charge in [-0.1, -0.05) is 6.07 Å². The Bertz CT molecular complexity index is 736. The highest BCUT2D eigenvalue weighted by Crippen LogP contribution is 2.33. The van der Waals surface area contributed by atoms with Crippen LogP contribution in [0.1, 0.15) is 25.8 Å². The molecule has 1 aromatic rings. The molecule has 0 N–H and O–H groups in total. The minimum absolute atomic E-state index is 0.123. The third-order valence-electron chi connectivity index (χ3n) is 5.22. The lowest BCUT2D eigenvalue weighted by atomic mass is 10.1. The van der Waals surface area contributed by atoms with Crippen molar-refractivity contribution in [3.63, 3.8) is 0 Å². The summed E-state index contributed by atoms with van der Waals surface area (Å²) in [6, 6.07) is 5.60. The minimum atomic E-state index is -0.949. The van der Waals surface area contributed by atoms with Crippen LogP contribution in [0, 0.1) is 0 Å². The molecule has 1 aromatic carbocycles. The third kappa shape index (κ3) is 6.24. The van der Waals surface area contributed by atoms with Crippen molar-refractivity contribution in [1.82, 2.24) is 9.80 Å². The lowest BCUT2D eigenvalue weighted by molar-refractivity contribution is -0.166. The van der Waals surface area contributed by atoms with E-state index in [4.69, 9.17) is 23.7 Å². The van der Waals surface area contributed by atoms with Crippen LogP contribution in [0.15, 0.2) is 18.2 Å². The smallest absolute Gasteiger partial charge is 0.412 e. The fourth-order valence-corrected chi connectivity index (χ4v) is 3.29. The predicted molar refractivity (Wildman–Crippen MR) is 107 cm³/mol. The van der Waals surface area contributed by atoms with Crippen LogP contribution in [0.4, 0.5) is 4.79 Å². The Kier molecular flexibility index (Phi) is 7.75. The number of ether oxygens (including phenoxy) is 5. The second-order valence-electron chi connectivity index (χ2n) is 7.50. The maximum Gasteiger partial charge on any atom is 0.412 e. The quantitative estimate of drug-likeness (QED) is 0.465. The first kappa shape index (κ1) is 22.2. The molecule has 1 fully saturated rings. The summed E-state index contributed by atoms with van der Waals surface area (Å²) >= 11 is 0. The number of morpholine rings is 1. The average molecular weight is 422 g/mol. The van der Waals surface area contributed by atoms with Gasteiger partial charge in [-0.15, -0.1) is 0 Å². The Morgan fingerprint density at radius 2 is 1.87 bits per heavy atom. The molecule has 2 atom stereocenters. The van der Waals surface area contributed by atoms with Crippen molar-refractivity contribution >= 4 is 12.1 Å². The second-order valence-corrected chi connectivity index (χ2v) is 7.50. The highest BCUT2D eigenvalue weighted by atomic mass is 16.7. The van der Waals surface area contributed by atoms with Gasteiger partial charge in [0.05, 0.1) is 19.6 Å². The van der Waals surface area contributed by atoms with Gasteiger partial charge < -0.3 is 28.6 Å². The van der Waals surface area contributed by atoms with Crippen LogP contribution in [0.2, 0.25) is 0 Å². The molecule has 9 nitrogen and oxygen atoms in total. The summed E-state index contributed by atoms with van der Waals surface area (Å²) in [6.07, 6.45) is -0.625. The maximum absolute atomic E-state index is 12.4. The van der Waals surface area contributed by atoms with Gasteiger partial charge in [0.1, 0.15) is 0 Å². The molecule has 9 heteroatoms. The fourth-order valence-electron chi connectivity index (χ4n) is 3.29. The molecule has 2 aliphatic heterocycles. The Balaban J connectivity index is 1.39. The van der Waals surface area contributed by atoms with Crippen molar-refractivity contribution in [2.75, 3.05) is 46.7 Å². The van der Waals surface area contributed by atoms with Gasteiger partial charge in [-0.3, -0.25) is 9.69 Å². The monoisotopic (exact) mass is 422 g/mol. The number of hydrogen-bond donors (Lipinski definition) is 0. The van der Waals surface area contributed by atoms with E-state index in [2.05, 4.69) is 4.90 Å². The van der Waals surface area contributed by atoms with E-state index in [1.165, 1.54) is 4.90 Å². The van der Waals surface area contributed by atoms with Crippen molar-refractivity contribution in [2.24, 2.45) is 0 Å². The minimum Gasteiger partial charge on any atom is -0.454 e. The van der Waals surface area contributed by atoms with Gasteiger partial charge >= 0.3 is 12.1 Å². The lowest BCUT2D eigenvalue weighted by Gasteiger charge is -2.27. The van der Waals surface area contributed by atoms with Gasteiger partial charge in [-0.25, -0.2) is 4.79 Å². The number of fused-ring (bicyclic) bond motifs is 1. The van der Waals surface area contributed by atoms with E-state index in [9.17, 15) is 9.59 Å². The molecule has 0 bridgehead atoms. The van der Waals surface area contributed by atoms with Gasteiger partial charge in [-0.05, 0) is 31.0 Å². The summed E-state index contributed by atoms with van der Waals surface area (Å²) in [7, 11) is 1.66. The van der Waals surface area contributed by atoms with Gasteiger partial charge in [-0.2, -0.15) is 0 Å². The number of rotatable bonds is 8. The molecule has 0 aliphatic carbocycles. The molecule has 30 heavy (non-hydrogen) atoms. The number of likely N-dealkylation sites (N-methyl/N-ethyl adjacent to an activating group) is 1. The van der Waals surface area contributed by atoms with Gasteiger partial charge in [0.2, 0.25) is 13.1 Å². The first-order chi connectivity index (χ1) is 14.4. The second kappa shape index (κ2) is 10.5.